The number of nitrogens with zero attached hydrogens (tertiary/aromatic N) is 2. The van der Waals surface area contributed by atoms with Crippen molar-refractivity contribution >= 4 is 17.9 Å². The van der Waals surface area contributed by atoms with Gasteiger partial charge >= 0.3 is 17.9 Å². The van der Waals surface area contributed by atoms with Crippen molar-refractivity contribution in [2.75, 3.05) is 73.4 Å². The van der Waals surface area contributed by atoms with Gasteiger partial charge in [-0.25, -0.2) is 0 Å². The Kier molecular flexibility index (Phi) is 67.7. The van der Waals surface area contributed by atoms with Crippen LogP contribution >= 0.6 is 0 Å². The van der Waals surface area contributed by atoms with Gasteiger partial charge in [-0.1, -0.05) is 105 Å². The summed E-state index contributed by atoms with van der Waals surface area (Å²) in [7, 11) is 4.04. The van der Waals surface area contributed by atoms with E-state index in [-0.39, 0.29) is 108 Å². The van der Waals surface area contributed by atoms with Crippen molar-refractivity contribution in [3.8, 4) is 47.4 Å². The van der Waals surface area contributed by atoms with Crippen LogP contribution < -0.4 is 0 Å². The molecule has 0 aromatic heterocycles. The number of hydrogen-bond donors (Lipinski definition) is 1. The third-order valence-electron chi connectivity index (χ3n) is 12.0. The second-order valence-electron chi connectivity index (χ2n) is 20.0. The average Bonchev–Trinajstić information content (AvgIpc) is 3.42. The molecule has 0 rings (SSSR count). The topological polar surface area (TPSA) is 153 Å². The summed E-state index contributed by atoms with van der Waals surface area (Å²) in [5.41, 5.74) is 0. The molecule has 1 radical (unpaired) electrons. The first-order chi connectivity index (χ1) is 38.1. The Morgan fingerprint density at radius 3 is 1.20 bits per heavy atom. The first-order valence-corrected chi connectivity index (χ1v) is 30.8. The SMILES string of the molecule is CCCCC#CCCOC(CCCCC(=O)OCC(COC(=O)CCCCC(OCCC#CCCCC)OCCC#CCCCC)[N-]CCCN(C)C)OCCC#CCCCC.CCCCCCC(CCC)OC(=O)CCO.[Y]. The van der Waals surface area contributed by atoms with Crippen LogP contribution in [0.3, 0.4) is 0 Å². The smallest absolute Gasteiger partial charge is 0.308 e. The zero-order valence-electron chi connectivity index (χ0n) is 51.5. The van der Waals surface area contributed by atoms with E-state index in [1.165, 1.54) is 19.3 Å². The number of aliphatic hydroxyl groups is 1. The molecule has 0 saturated carbocycles. The molecule has 0 aromatic carbocycles. The standard InChI is InChI=1S/C52H87N2O8.C13H26O3.Y/c1-7-11-15-19-23-31-42-57-51(58-43-32-24-20-16-12-8-2)38-29-27-36-49(55)61-46-48(53-40-35-41-54(5)6)47-62-50(56)37-28-30-39-52(59-44-33-25-21-17-13-9-3)60-45-34-26-22-18-14-10-4;1-3-5-6-7-9-12(8-4-2)16-13(15)10-11-14;/h48,51-52H,7-18,27-47H2,1-6H3;12,14H,3-11H2,1-2H3;/q-1;;. The zero-order valence-corrected chi connectivity index (χ0v) is 54.3. The predicted octanol–water partition coefficient (Wildman–Crippen LogP) is 14.0. The molecule has 0 saturated heterocycles. The number of rotatable bonds is 49. The van der Waals surface area contributed by atoms with Crippen molar-refractivity contribution in [1.29, 1.82) is 0 Å². The Hall–Kier alpha value is -2.53. The predicted molar refractivity (Wildman–Crippen MR) is 318 cm³/mol. The molecule has 0 amide bonds. The minimum atomic E-state index is -0.423. The fraction of sp³-hybridized carbons (Fsp3) is 0.831. The number of carbonyl (C=O) groups is 3. The van der Waals surface area contributed by atoms with E-state index in [9.17, 15) is 14.4 Å². The van der Waals surface area contributed by atoms with Crippen molar-refractivity contribution in [3.05, 3.63) is 5.32 Å². The molecule has 1 unspecified atom stereocenters. The molecule has 0 aromatic rings. The molecule has 0 fully saturated rings. The normalized spacial score (nSPS) is 11.0. The quantitative estimate of drug-likeness (QED) is 0.0203. The first-order valence-electron chi connectivity index (χ1n) is 30.8. The van der Waals surface area contributed by atoms with Gasteiger partial charge in [0, 0.05) is 96.9 Å². The van der Waals surface area contributed by atoms with Crippen LogP contribution in [0.5, 0.6) is 0 Å². The van der Waals surface area contributed by atoms with Gasteiger partial charge in [0.2, 0.25) is 0 Å². The van der Waals surface area contributed by atoms with E-state index in [4.69, 9.17) is 43.6 Å². The number of aliphatic hydroxyl groups excluding tert-OH is 1. The molecule has 0 heterocycles. The molecule has 0 spiro atoms. The van der Waals surface area contributed by atoms with Gasteiger partial charge in [-0.05, 0) is 104 Å². The molecule has 79 heavy (non-hydrogen) atoms. The number of hydrogen-bond acceptors (Lipinski definition) is 12. The molecular formula is C65H113N2O11Y-. The van der Waals surface area contributed by atoms with Crippen LogP contribution in [0.4, 0.5) is 0 Å². The zero-order chi connectivity index (χ0) is 57.6. The van der Waals surface area contributed by atoms with Crippen LogP contribution in [-0.2, 0) is 80.3 Å². The maximum absolute atomic E-state index is 12.8. The van der Waals surface area contributed by atoms with Crippen molar-refractivity contribution in [2.45, 2.75) is 278 Å². The van der Waals surface area contributed by atoms with E-state index < -0.39 is 6.04 Å². The van der Waals surface area contributed by atoms with Gasteiger partial charge < -0.3 is 48.5 Å². The van der Waals surface area contributed by atoms with E-state index in [1.54, 1.807) is 0 Å². The molecule has 1 atom stereocenters. The summed E-state index contributed by atoms with van der Waals surface area (Å²) in [6.45, 7) is 16.5. The van der Waals surface area contributed by atoms with Crippen LogP contribution in [0.1, 0.15) is 253 Å². The number of esters is 3. The number of carbonyl (C=O) groups excluding carboxylic acids is 3. The van der Waals surface area contributed by atoms with Gasteiger partial charge in [0.15, 0.2) is 12.6 Å². The number of ether oxygens (including phenoxy) is 7. The van der Waals surface area contributed by atoms with Gasteiger partial charge in [0.05, 0.1) is 52.7 Å². The monoisotopic (exact) mass is 1190 g/mol. The van der Waals surface area contributed by atoms with Gasteiger partial charge in [-0.2, -0.15) is 0 Å². The second kappa shape index (κ2) is 66.3. The van der Waals surface area contributed by atoms with E-state index in [2.05, 4.69) is 93.8 Å². The Morgan fingerprint density at radius 2 is 0.835 bits per heavy atom. The summed E-state index contributed by atoms with van der Waals surface area (Å²) in [4.78, 5) is 38.9. The summed E-state index contributed by atoms with van der Waals surface area (Å²) in [6.07, 6.45) is 28.1. The molecule has 13 nitrogen and oxygen atoms in total. The van der Waals surface area contributed by atoms with Crippen LogP contribution in [0.15, 0.2) is 0 Å². The molecule has 1 N–H and O–H groups in total. The molecular weight excluding hydrogens is 1070 g/mol. The van der Waals surface area contributed by atoms with Crippen LogP contribution in [0, 0.1) is 47.4 Å². The molecule has 453 valence electrons. The van der Waals surface area contributed by atoms with Crippen molar-refractivity contribution in [3.63, 3.8) is 0 Å². The summed E-state index contributed by atoms with van der Waals surface area (Å²) in [5.74, 6) is 24.7. The Morgan fingerprint density at radius 1 is 0.443 bits per heavy atom. The van der Waals surface area contributed by atoms with Crippen LogP contribution in [0.2, 0.25) is 0 Å². The Balaban J connectivity index is -0.00000291. The minimum absolute atomic E-state index is 0. The molecule has 0 aliphatic carbocycles. The van der Waals surface area contributed by atoms with E-state index >= 15 is 0 Å². The van der Waals surface area contributed by atoms with Gasteiger partial charge in [0.1, 0.15) is 6.10 Å². The van der Waals surface area contributed by atoms with Gasteiger partial charge in [-0.15, -0.1) is 53.9 Å². The van der Waals surface area contributed by atoms with Gasteiger partial charge in [0.25, 0.3) is 0 Å². The average molecular weight is 1190 g/mol. The maximum atomic E-state index is 12.8. The largest absolute Gasteiger partial charge is 0.654 e. The fourth-order valence-corrected chi connectivity index (χ4v) is 7.38. The van der Waals surface area contributed by atoms with Gasteiger partial charge in [-0.3, -0.25) is 14.4 Å². The Bertz CT molecular complexity index is 1480. The molecule has 0 aliphatic rings. The van der Waals surface area contributed by atoms with E-state index in [0.717, 1.165) is 129 Å². The minimum Gasteiger partial charge on any atom is -0.654 e. The first kappa shape index (κ1) is 80.7. The summed E-state index contributed by atoms with van der Waals surface area (Å²) >= 11 is 0. The molecule has 0 aliphatic heterocycles. The van der Waals surface area contributed by atoms with Crippen LogP contribution in [-0.4, -0.2) is 126 Å². The third kappa shape index (κ3) is 62.9. The maximum Gasteiger partial charge on any atom is 0.308 e. The summed E-state index contributed by atoms with van der Waals surface area (Å²) in [6, 6.07) is -0.423. The summed E-state index contributed by atoms with van der Waals surface area (Å²) in [5, 5.41) is 13.3. The van der Waals surface area contributed by atoms with E-state index in [1.807, 2.05) is 14.1 Å². The van der Waals surface area contributed by atoms with Crippen molar-refractivity contribution in [1.82, 2.24) is 4.90 Å². The third-order valence-corrected chi connectivity index (χ3v) is 12.0. The van der Waals surface area contributed by atoms with Crippen molar-refractivity contribution < 1.29 is 85.4 Å². The fourth-order valence-electron chi connectivity index (χ4n) is 7.38. The molecule has 14 heteroatoms. The number of unbranched alkanes of at least 4 members (excludes halogenated alkanes) is 13. The molecule has 0 bridgehead atoms. The second-order valence-corrected chi connectivity index (χ2v) is 20.0. The summed E-state index contributed by atoms with van der Waals surface area (Å²) < 4.78 is 40.7. The Labute approximate surface area is 509 Å². The van der Waals surface area contributed by atoms with Crippen molar-refractivity contribution in [2.24, 2.45) is 0 Å². The van der Waals surface area contributed by atoms with Crippen LogP contribution in [0.25, 0.3) is 5.32 Å². The van der Waals surface area contributed by atoms with E-state index in [0.29, 0.717) is 84.3 Å².